The van der Waals surface area contributed by atoms with Crippen LogP contribution in [0.25, 0.3) is 0 Å². The summed E-state index contributed by atoms with van der Waals surface area (Å²) in [7, 11) is 0. The lowest BCUT2D eigenvalue weighted by atomic mass is 9.99. The molecule has 3 rings (SSSR count). The number of nitrogens with one attached hydrogen (secondary N) is 1. The number of hydrogen-bond acceptors (Lipinski definition) is 3. The van der Waals surface area contributed by atoms with Crippen LogP contribution in [0.4, 0.5) is 0 Å². The fraction of sp³-hybridized carbons (Fsp3) is 0.692. The average Bonchev–Trinajstić information content (AvgIpc) is 2.87. The van der Waals surface area contributed by atoms with E-state index in [0.29, 0.717) is 6.04 Å². The first kappa shape index (κ1) is 12.0. The Bertz CT molecular complexity index is 387. The molecule has 1 aromatic heterocycles. The highest BCUT2D eigenvalue weighted by Gasteiger charge is 2.25. The summed E-state index contributed by atoms with van der Waals surface area (Å²) in [5, 5.41) is 3.71. The third-order valence-corrected chi connectivity index (χ3v) is 5.18. The summed E-state index contributed by atoms with van der Waals surface area (Å²) >= 11 is 7.81. The van der Waals surface area contributed by atoms with Gasteiger partial charge in [-0.2, -0.15) is 0 Å². The first-order chi connectivity index (χ1) is 8.33. The Labute approximate surface area is 111 Å². The van der Waals surface area contributed by atoms with Crippen LogP contribution in [0.3, 0.4) is 0 Å². The van der Waals surface area contributed by atoms with Gasteiger partial charge in [0.05, 0.1) is 4.34 Å². The van der Waals surface area contributed by atoms with Crippen molar-refractivity contribution in [1.29, 1.82) is 0 Å². The van der Waals surface area contributed by atoms with Crippen molar-refractivity contribution >= 4 is 22.9 Å². The Morgan fingerprint density at radius 1 is 1.35 bits per heavy atom. The molecule has 1 atom stereocenters. The van der Waals surface area contributed by atoms with Gasteiger partial charge in [-0.05, 0) is 49.8 Å². The Morgan fingerprint density at radius 2 is 2.18 bits per heavy atom. The van der Waals surface area contributed by atoms with E-state index in [2.05, 4.69) is 11.4 Å². The van der Waals surface area contributed by atoms with Crippen LogP contribution >= 0.6 is 22.9 Å². The fourth-order valence-corrected chi connectivity index (χ4v) is 4.16. The third kappa shape index (κ3) is 2.68. The summed E-state index contributed by atoms with van der Waals surface area (Å²) in [4.78, 5) is 1.49. The quantitative estimate of drug-likeness (QED) is 0.910. The van der Waals surface area contributed by atoms with E-state index in [1.54, 1.807) is 11.3 Å². The third-order valence-electron chi connectivity index (χ3n) is 3.84. The molecule has 1 aliphatic heterocycles. The second-order valence-electron chi connectivity index (χ2n) is 4.98. The molecule has 1 unspecified atom stereocenters. The standard InChI is InChI=1S/C13H18ClNOS/c14-13-7-10-11(1-2-12(10)17-13)15-8-9-3-5-16-6-4-9/h7,9,11,15H,1-6,8H2. The molecular weight excluding hydrogens is 254 g/mol. The minimum absolute atomic E-state index is 0.539. The molecule has 4 heteroatoms. The number of hydrogen-bond donors (Lipinski definition) is 1. The lowest BCUT2D eigenvalue weighted by Gasteiger charge is -2.24. The van der Waals surface area contributed by atoms with E-state index in [1.807, 2.05) is 0 Å². The highest BCUT2D eigenvalue weighted by atomic mass is 35.5. The minimum Gasteiger partial charge on any atom is -0.381 e. The normalized spacial score (nSPS) is 25.1. The lowest BCUT2D eigenvalue weighted by Crippen LogP contribution is -2.29. The van der Waals surface area contributed by atoms with Crippen molar-refractivity contribution in [2.45, 2.75) is 31.7 Å². The number of rotatable bonds is 3. The molecule has 1 N–H and O–H groups in total. The maximum absolute atomic E-state index is 6.07. The van der Waals surface area contributed by atoms with Crippen molar-refractivity contribution in [3.63, 3.8) is 0 Å². The molecule has 17 heavy (non-hydrogen) atoms. The van der Waals surface area contributed by atoms with Crippen LogP contribution in [0.2, 0.25) is 4.34 Å². The van der Waals surface area contributed by atoms with Gasteiger partial charge >= 0.3 is 0 Å². The molecule has 0 amide bonds. The molecule has 0 bridgehead atoms. The van der Waals surface area contributed by atoms with Crippen LogP contribution in [-0.2, 0) is 11.2 Å². The molecule has 0 spiro atoms. The first-order valence-electron chi connectivity index (χ1n) is 6.42. The fourth-order valence-electron chi connectivity index (χ4n) is 2.80. The molecule has 0 aromatic carbocycles. The SMILES string of the molecule is Clc1cc2c(s1)CCC2NCC1CCOCC1. The molecule has 1 fully saturated rings. The van der Waals surface area contributed by atoms with Crippen LogP contribution in [0.5, 0.6) is 0 Å². The van der Waals surface area contributed by atoms with Crippen LogP contribution in [0, 0.1) is 5.92 Å². The van der Waals surface area contributed by atoms with Gasteiger partial charge in [0.1, 0.15) is 0 Å². The predicted octanol–water partition coefficient (Wildman–Crippen LogP) is 3.41. The Morgan fingerprint density at radius 3 is 3.00 bits per heavy atom. The van der Waals surface area contributed by atoms with Gasteiger partial charge < -0.3 is 10.1 Å². The van der Waals surface area contributed by atoms with Crippen molar-refractivity contribution < 1.29 is 4.74 Å². The molecule has 1 aromatic rings. The minimum atomic E-state index is 0.539. The summed E-state index contributed by atoms with van der Waals surface area (Å²) < 4.78 is 6.33. The summed E-state index contributed by atoms with van der Waals surface area (Å²) in [5.41, 5.74) is 1.45. The molecule has 2 nitrogen and oxygen atoms in total. The van der Waals surface area contributed by atoms with E-state index in [9.17, 15) is 0 Å². The largest absolute Gasteiger partial charge is 0.381 e. The van der Waals surface area contributed by atoms with Gasteiger partial charge in [0.25, 0.3) is 0 Å². The topological polar surface area (TPSA) is 21.3 Å². The van der Waals surface area contributed by atoms with Crippen molar-refractivity contribution in [3.8, 4) is 0 Å². The zero-order chi connectivity index (χ0) is 11.7. The number of fused-ring (bicyclic) bond motifs is 1. The van der Waals surface area contributed by atoms with Gasteiger partial charge in [0, 0.05) is 24.1 Å². The molecule has 1 aliphatic carbocycles. The van der Waals surface area contributed by atoms with Crippen LogP contribution in [-0.4, -0.2) is 19.8 Å². The number of ether oxygens (including phenoxy) is 1. The molecule has 94 valence electrons. The van der Waals surface area contributed by atoms with Crippen LogP contribution in [0.15, 0.2) is 6.07 Å². The molecule has 1 saturated heterocycles. The molecule has 0 radical (unpaired) electrons. The van der Waals surface area contributed by atoms with Crippen LogP contribution in [0.1, 0.15) is 35.7 Å². The number of aryl methyl sites for hydroxylation is 1. The maximum atomic E-state index is 6.07. The second kappa shape index (κ2) is 5.27. The van der Waals surface area contributed by atoms with E-state index in [0.717, 1.165) is 30.0 Å². The Kier molecular flexibility index (Phi) is 3.71. The van der Waals surface area contributed by atoms with Gasteiger partial charge in [-0.3, -0.25) is 0 Å². The van der Waals surface area contributed by atoms with Crippen molar-refractivity contribution in [2.75, 3.05) is 19.8 Å². The molecule has 2 aliphatic rings. The maximum Gasteiger partial charge on any atom is 0.0934 e. The average molecular weight is 272 g/mol. The van der Waals surface area contributed by atoms with E-state index in [4.69, 9.17) is 16.3 Å². The molecule has 2 heterocycles. The first-order valence-corrected chi connectivity index (χ1v) is 7.61. The monoisotopic (exact) mass is 271 g/mol. The van der Waals surface area contributed by atoms with Gasteiger partial charge in [-0.15, -0.1) is 11.3 Å². The van der Waals surface area contributed by atoms with E-state index >= 15 is 0 Å². The van der Waals surface area contributed by atoms with Gasteiger partial charge in [0.2, 0.25) is 0 Å². The van der Waals surface area contributed by atoms with Crippen molar-refractivity contribution in [3.05, 3.63) is 20.8 Å². The summed E-state index contributed by atoms with van der Waals surface area (Å²) in [6.45, 7) is 3.00. The van der Waals surface area contributed by atoms with Gasteiger partial charge in [0.15, 0.2) is 0 Å². The van der Waals surface area contributed by atoms with Gasteiger partial charge in [-0.1, -0.05) is 11.6 Å². The Balaban J connectivity index is 1.56. The van der Waals surface area contributed by atoms with E-state index in [-0.39, 0.29) is 0 Å². The van der Waals surface area contributed by atoms with Crippen LogP contribution < -0.4 is 5.32 Å². The van der Waals surface area contributed by atoms with Crippen molar-refractivity contribution in [1.82, 2.24) is 5.32 Å². The summed E-state index contributed by atoms with van der Waals surface area (Å²) in [5.74, 6) is 0.793. The highest BCUT2D eigenvalue weighted by Crippen LogP contribution is 2.39. The van der Waals surface area contributed by atoms with Crippen molar-refractivity contribution in [2.24, 2.45) is 5.92 Å². The predicted molar refractivity (Wildman–Crippen MR) is 71.9 cm³/mol. The molecule has 0 saturated carbocycles. The second-order valence-corrected chi connectivity index (χ2v) is 6.75. The van der Waals surface area contributed by atoms with E-state index in [1.165, 1.54) is 36.1 Å². The van der Waals surface area contributed by atoms with E-state index < -0.39 is 0 Å². The zero-order valence-corrected chi connectivity index (χ0v) is 11.4. The number of thiophene rings is 1. The number of halogens is 1. The lowest BCUT2D eigenvalue weighted by molar-refractivity contribution is 0.0654. The summed E-state index contributed by atoms with van der Waals surface area (Å²) in [6, 6.07) is 2.69. The Hall–Kier alpha value is -0.0900. The zero-order valence-electron chi connectivity index (χ0n) is 9.88. The smallest absolute Gasteiger partial charge is 0.0934 e. The summed E-state index contributed by atoms with van der Waals surface area (Å²) in [6.07, 6.45) is 4.84. The molecular formula is C13H18ClNOS. The van der Waals surface area contributed by atoms with Gasteiger partial charge in [-0.25, -0.2) is 0 Å². The highest BCUT2D eigenvalue weighted by molar-refractivity contribution is 7.16.